The molecule has 8 heteroatoms. The van der Waals surface area contributed by atoms with Crippen molar-refractivity contribution < 1.29 is 22.0 Å². The summed E-state index contributed by atoms with van der Waals surface area (Å²) in [6, 6.07) is 8.12. The maximum Gasteiger partial charge on any atom is 0.417 e. The van der Waals surface area contributed by atoms with Crippen LogP contribution < -0.4 is 5.32 Å². The molecule has 4 rings (SSSR count). The summed E-state index contributed by atoms with van der Waals surface area (Å²) in [7, 11) is 0. The van der Waals surface area contributed by atoms with Crippen LogP contribution >= 0.6 is 0 Å². The van der Waals surface area contributed by atoms with Crippen molar-refractivity contribution in [3.05, 3.63) is 65.2 Å². The molecule has 134 valence electrons. The maximum absolute atomic E-state index is 14.2. The molecule has 3 nitrogen and oxygen atoms in total. The van der Waals surface area contributed by atoms with E-state index in [2.05, 4.69) is 10.4 Å². The Balaban J connectivity index is 1.94. The smallest absolute Gasteiger partial charge is 0.369 e. The largest absolute Gasteiger partial charge is 0.417 e. The van der Waals surface area contributed by atoms with Crippen LogP contribution in [0.2, 0.25) is 0 Å². The standard InChI is InChI=1S/C18H12F5N3/c19-10-5-6-15(14(20)9-10)26-17-12(7-8-24-17)16(25-26)11-3-1-2-4-13(11)18(21,22)23/h1-6,9,24H,7-8H2. The Morgan fingerprint density at radius 3 is 2.54 bits per heavy atom. The summed E-state index contributed by atoms with van der Waals surface area (Å²) < 4.78 is 68.7. The minimum atomic E-state index is -4.54. The van der Waals surface area contributed by atoms with Crippen molar-refractivity contribution in [3.63, 3.8) is 0 Å². The average Bonchev–Trinajstić information content (AvgIpc) is 3.17. The fraction of sp³-hybridized carbons (Fsp3) is 0.167. The van der Waals surface area contributed by atoms with E-state index in [0.717, 1.165) is 12.1 Å². The number of fused-ring (bicyclic) bond motifs is 1. The minimum Gasteiger partial charge on any atom is -0.369 e. The van der Waals surface area contributed by atoms with E-state index in [9.17, 15) is 22.0 Å². The lowest BCUT2D eigenvalue weighted by molar-refractivity contribution is -0.137. The summed E-state index contributed by atoms with van der Waals surface area (Å²) in [5.74, 6) is -1.17. The van der Waals surface area contributed by atoms with E-state index in [-0.39, 0.29) is 16.9 Å². The summed E-state index contributed by atoms with van der Waals surface area (Å²) in [5, 5.41) is 7.24. The van der Waals surface area contributed by atoms with Gasteiger partial charge in [-0.05, 0) is 24.6 Å². The summed E-state index contributed by atoms with van der Waals surface area (Å²) in [5.41, 5.74) is -0.194. The molecule has 26 heavy (non-hydrogen) atoms. The molecule has 0 radical (unpaired) electrons. The molecule has 0 unspecified atom stereocenters. The van der Waals surface area contributed by atoms with Gasteiger partial charge in [-0.2, -0.15) is 18.3 Å². The van der Waals surface area contributed by atoms with Gasteiger partial charge in [-0.15, -0.1) is 0 Å². The Kier molecular flexibility index (Phi) is 3.71. The van der Waals surface area contributed by atoms with E-state index >= 15 is 0 Å². The van der Waals surface area contributed by atoms with E-state index < -0.39 is 23.4 Å². The van der Waals surface area contributed by atoms with Crippen molar-refractivity contribution in [2.75, 3.05) is 11.9 Å². The first-order valence-corrected chi connectivity index (χ1v) is 7.84. The Hall–Kier alpha value is -2.90. The molecule has 0 saturated carbocycles. The molecule has 0 aliphatic carbocycles. The number of halogens is 5. The number of rotatable bonds is 2. The first kappa shape index (κ1) is 16.6. The van der Waals surface area contributed by atoms with Crippen LogP contribution in [0.25, 0.3) is 16.9 Å². The zero-order chi connectivity index (χ0) is 18.5. The van der Waals surface area contributed by atoms with E-state index in [4.69, 9.17) is 0 Å². The third-order valence-corrected chi connectivity index (χ3v) is 4.28. The predicted molar refractivity (Wildman–Crippen MR) is 86.1 cm³/mol. The molecule has 0 fully saturated rings. The number of benzene rings is 2. The molecule has 1 aliphatic heterocycles. The van der Waals surface area contributed by atoms with Crippen molar-refractivity contribution in [1.29, 1.82) is 0 Å². The van der Waals surface area contributed by atoms with E-state index in [1.54, 1.807) is 0 Å². The first-order chi connectivity index (χ1) is 12.4. The minimum absolute atomic E-state index is 0.0345. The quantitative estimate of drug-likeness (QED) is 0.661. The average molecular weight is 365 g/mol. The second-order valence-electron chi connectivity index (χ2n) is 5.90. The molecule has 0 bridgehead atoms. The molecule has 0 amide bonds. The van der Waals surface area contributed by atoms with Gasteiger partial charge >= 0.3 is 6.18 Å². The molecular formula is C18H12F5N3. The van der Waals surface area contributed by atoms with Gasteiger partial charge in [0, 0.05) is 23.7 Å². The van der Waals surface area contributed by atoms with Gasteiger partial charge in [0.05, 0.1) is 11.3 Å². The highest BCUT2D eigenvalue weighted by atomic mass is 19.4. The van der Waals surface area contributed by atoms with Gasteiger partial charge in [-0.25, -0.2) is 13.5 Å². The van der Waals surface area contributed by atoms with Crippen LogP contribution in [0.4, 0.5) is 27.8 Å². The molecule has 3 aromatic rings. The summed E-state index contributed by atoms with van der Waals surface area (Å²) in [6.07, 6.45) is -4.08. The maximum atomic E-state index is 14.2. The van der Waals surface area contributed by atoms with Crippen molar-refractivity contribution in [2.24, 2.45) is 0 Å². The summed E-state index contributed by atoms with van der Waals surface area (Å²) >= 11 is 0. The van der Waals surface area contributed by atoms with Gasteiger partial charge < -0.3 is 5.32 Å². The van der Waals surface area contributed by atoms with Crippen molar-refractivity contribution in [3.8, 4) is 16.9 Å². The number of hydrogen-bond donors (Lipinski definition) is 1. The topological polar surface area (TPSA) is 29.9 Å². The third-order valence-electron chi connectivity index (χ3n) is 4.28. The van der Waals surface area contributed by atoms with Crippen LogP contribution in [0.5, 0.6) is 0 Å². The highest BCUT2D eigenvalue weighted by molar-refractivity contribution is 5.75. The van der Waals surface area contributed by atoms with Crippen molar-refractivity contribution in [1.82, 2.24) is 9.78 Å². The number of anilines is 1. The van der Waals surface area contributed by atoms with Gasteiger partial charge in [0.2, 0.25) is 0 Å². The van der Waals surface area contributed by atoms with Gasteiger partial charge in [0.1, 0.15) is 17.3 Å². The van der Waals surface area contributed by atoms with Crippen molar-refractivity contribution in [2.45, 2.75) is 12.6 Å². The van der Waals surface area contributed by atoms with Crippen LogP contribution in [-0.4, -0.2) is 16.3 Å². The van der Waals surface area contributed by atoms with Crippen LogP contribution in [0.1, 0.15) is 11.1 Å². The second kappa shape index (κ2) is 5.82. The highest BCUT2D eigenvalue weighted by Crippen LogP contribution is 2.41. The molecule has 1 N–H and O–H groups in total. The lowest BCUT2D eigenvalue weighted by Crippen LogP contribution is -2.09. The van der Waals surface area contributed by atoms with Gasteiger partial charge in [-0.3, -0.25) is 0 Å². The zero-order valence-corrected chi connectivity index (χ0v) is 13.2. The molecule has 1 aromatic heterocycles. The third kappa shape index (κ3) is 2.61. The summed E-state index contributed by atoms with van der Waals surface area (Å²) in [4.78, 5) is 0. The molecule has 0 saturated heterocycles. The van der Waals surface area contributed by atoms with Gasteiger partial charge in [0.25, 0.3) is 0 Å². The van der Waals surface area contributed by atoms with E-state index in [1.807, 2.05) is 0 Å². The predicted octanol–water partition coefficient (Wildman–Crippen LogP) is 4.80. The zero-order valence-electron chi connectivity index (χ0n) is 13.2. The highest BCUT2D eigenvalue weighted by Gasteiger charge is 2.36. The molecule has 2 aromatic carbocycles. The summed E-state index contributed by atoms with van der Waals surface area (Å²) in [6.45, 7) is 0.497. The van der Waals surface area contributed by atoms with Gasteiger partial charge in [-0.1, -0.05) is 18.2 Å². The number of alkyl halides is 3. The Morgan fingerprint density at radius 1 is 1.04 bits per heavy atom. The number of aromatic nitrogens is 2. The molecule has 1 aliphatic rings. The molecular weight excluding hydrogens is 353 g/mol. The fourth-order valence-corrected chi connectivity index (χ4v) is 3.16. The number of hydrogen-bond acceptors (Lipinski definition) is 2. The molecule has 2 heterocycles. The fourth-order valence-electron chi connectivity index (χ4n) is 3.16. The van der Waals surface area contributed by atoms with Gasteiger partial charge in [0.15, 0.2) is 5.82 Å². The SMILES string of the molecule is Fc1ccc(-n2nc(-c3ccccc3C(F)(F)F)c3c2NCC3)c(F)c1. The molecule has 0 atom stereocenters. The number of nitrogens with one attached hydrogen (secondary N) is 1. The van der Waals surface area contributed by atoms with Crippen LogP contribution in [-0.2, 0) is 12.6 Å². The number of nitrogens with zero attached hydrogens (tertiary/aromatic N) is 2. The Labute approximate surface area is 145 Å². The molecule has 0 spiro atoms. The van der Waals surface area contributed by atoms with Crippen LogP contribution in [0, 0.1) is 11.6 Å². The first-order valence-electron chi connectivity index (χ1n) is 7.84. The van der Waals surface area contributed by atoms with Crippen LogP contribution in [0.15, 0.2) is 42.5 Å². The Bertz CT molecular complexity index is 991. The lowest BCUT2D eigenvalue weighted by Gasteiger charge is -2.12. The van der Waals surface area contributed by atoms with E-state index in [0.29, 0.717) is 30.4 Å². The van der Waals surface area contributed by atoms with E-state index in [1.165, 1.54) is 28.9 Å². The Morgan fingerprint density at radius 2 is 1.81 bits per heavy atom. The monoisotopic (exact) mass is 365 g/mol. The van der Waals surface area contributed by atoms with Crippen LogP contribution in [0.3, 0.4) is 0 Å². The second-order valence-corrected chi connectivity index (χ2v) is 5.90. The van der Waals surface area contributed by atoms with Crippen molar-refractivity contribution >= 4 is 5.82 Å². The normalized spacial score (nSPS) is 13.6. The lowest BCUT2D eigenvalue weighted by atomic mass is 10.0.